The third-order valence-electron chi connectivity index (χ3n) is 2.43. The van der Waals surface area contributed by atoms with E-state index in [1.807, 2.05) is 0 Å². The van der Waals surface area contributed by atoms with Crippen LogP contribution in [0, 0.1) is 0 Å². The Balaban J connectivity index is 2.21. The van der Waals surface area contributed by atoms with Crippen molar-refractivity contribution in [1.82, 2.24) is 4.90 Å². The number of fused-ring (bicyclic) bond motifs is 1. The van der Waals surface area contributed by atoms with Crippen molar-refractivity contribution in [3.8, 4) is 0 Å². The SMILES string of the molecule is O=C1CCCN2CCCC=C12. The van der Waals surface area contributed by atoms with Crippen LogP contribution in [0.3, 0.4) is 0 Å². The maximum atomic E-state index is 11.3. The molecule has 0 radical (unpaired) electrons. The van der Waals surface area contributed by atoms with Gasteiger partial charge in [-0.2, -0.15) is 0 Å². The number of carbonyl (C=O) groups is 1. The normalized spacial score (nSPS) is 24.5. The molecule has 0 spiro atoms. The molecule has 0 saturated carbocycles. The monoisotopic (exact) mass is 151 g/mol. The summed E-state index contributed by atoms with van der Waals surface area (Å²) in [5, 5.41) is 0. The minimum atomic E-state index is 0.357. The largest absolute Gasteiger partial charge is 0.369 e. The van der Waals surface area contributed by atoms with Crippen LogP contribution in [0.5, 0.6) is 0 Å². The van der Waals surface area contributed by atoms with E-state index in [0.29, 0.717) is 5.78 Å². The first-order chi connectivity index (χ1) is 5.38. The number of hydrogen-bond acceptors (Lipinski definition) is 2. The van der Waals surface area contributed by atoms with E-state index in [1.165, 1.54) is 6.42 Å². The molecule has 0 aliphatic carbocycles. The molecular formula is C9H13NO. The van der Waals surface area contributed by atoms with E-state index in [4.69, 9.17) is 0 Å². The number of piperidine rings is 1. The molecule has 60 valence electrons. The molecule has 0 aromatic heterocycles. The Bertz CT molecular complexity index is 208. The Morgan fingerprint density at radius 3 is 2.91 bits per heavy atom. The first-order valence-electron chi connectivity index (χ1n) is 4.36. The van der Waals surface area contributed by atoms with Gasteiger partial charge in [-0.05, 0) is 19.3 Å². The lowest BCUT2D eigenvalue weighted by atomic mass is 10.0. The van der Waals surface area contributed by atoms with E-state index in [0.717, 1.165) is 38.0 Å². The fraction of sp³-hybridized carbons (Fsp3) is 0.667. The standard InChI is InChI=1S/C9H13NO/c11-9-5-3-7-10-6-2-1-4-8(9)10/h4H,1-3,5-7H2. The van der Waals surface area contributed by atoms with Crippen LogP contribution in [-0.2, 0) is 4.79 Å². The van der Waals surface area contributed by atoms with Crippen molar-refractivity contribution in [3.05, 3.63) is 11.8 Å². The first-order valence-corrected chi connectivity index (χ1v) is 4.36. The lowest BCUT2D eigenvalue weighted by molar-refractivity contribution is -0.118. The van der Waals surface area contributed by atoms with Gasteiger partial charge in [-0.15, -0.1) is 0 Å². The molecule has 2 heterocycles. The Morgan fingerprint density at radius 1 is 1.27 bits per heavy atom. The third kappa shape index (κ3) is 1.17. The molecule has 2 aliphatic rings. The molecule has 0 aromatic rings. The highest BCUT2D eigenvalue weighted by Crippen LogP contribution is 2.21. The Kier molecular flexibility index (Phi) is 1.68. The molecule has 0 amide bonds. The van der Waals surface area contributed by atoms with Gasteiger partial charge >= 0.3 is 0 Å². The van der Waals surface area contributed by atoms with Crippen molar-refractivity contribution in [2.24, 2.45) is 0 Å². The molecule has 1 saturated heterocycles. The van der Waals surface area contributed by atoms with Crippen LogP contribution in [0.1, 0.15) is 25.7 Å². The summed E-state index contributed by atoms with van der Waals surface area (Å²) >= 11 is 0. The number of hydrogen-bond donors (Lipinski definition) is 0. The van der Waals surface area contributed by atoms with Crippen molar-refractivity contribution in [2.45, 2.75) is 25.7 Å². The summed E-state index contributed by atoms with van der Waals surface area (Å²) in [6.07, 6.45) is 6.23. The fourth-order valence-corrected chi connectivity index (χ4v) is 1.85. The number of ketones is 1. The van der Waals surface area contributed by atoms with Gasteiger partial charge in [0.15, 0.2) is 5.78 Å². The average Bonchev–Trinajstić information content (AvgIpc) is 2.06. The maximum Gasteiger partial charge on any atom is 0.178 e. The highest BCUT2D eigenvalue weighted by Gasteiger charge is 2.23. The molecule has 2 rings (SSSR count). The van der Waals surface area contributed by atoms with Crippen LogP contribution < -0.4 is 0 Å². The number of allylic oxidation sites excluding steroid dienone is 2. The second-order valence-corrected chi connectivity index (χ2v) is 3.25. The lowest BCUT2D eigenvalue weighted by Gasteiger charge is -2.33. The molecule has 0 atom stereocenters. The minimum absolute atomic E-state index is 0.357. The van der Waals surface area contributed by atoms with E-state index in [-0.39, 0.29) is 0 Å². The van der Waals surface area contributed by atoms with Gasteiger partial charge in [-0.3, -0.25) is 4.79 Å². The molecule has 11 heavy (non-hydrogen) atoms. The molecule has 0 unspecified atom stereocenters. The number of Topliss-reactive ketones (excluding diaryl/α,β-unsaturated/α-hetero) is 1. The smallest absolute Gasteiger partial charge is 0.178 e. The van der Waals surface area contributed by atoms with Crippen molar-refractivity contribution in [1.29, 1.82) is 0 Å². The van der Waals surface area contributed by atoms with E-state index in [1.54, 1.807) is 0 Å². The van der Waals surface area contributed by atoms with Crippen LogP contribution >= 0.6 is 0 Å². The van der Waals surface area contributed by atoms with Gasteiger partial charge in [0.25, 0.3) is 0 Å². The van der Waals surface area contributed by atoms with Crippen LogP contribution in [0.15, 0.2) is 11.8 Å². The highest BCUT2D eigenvalue weighted by molar-refractivity contribution is 5.95. The molecule has 0 N–H and O–H groups in total. The fourth-order valence-electron chi connectivity index (χ4n) is 1.85. The maximum absolute atomic E-state index is 11.3. The highest BCUT2D eigenvalue weighted by atomic mass is 16.1. The zero-order valence-corrected chi connectivity index (χ0v) is 6.68. The molecule has 2 aliphatic heterocycles. The molecule has 0 bridgehead atoms. The van der Waals surface area contributed by atoms with Crippen molar-refractivity contribution in [2.75, 3.05) is 13.1 Å². The van der Waals surface area contributed by atoms with Gasteiger partial charge in [0.1, 0.15) is 0 Å². The summed E-state index contributed by atoms with van der Waals surface area (Å²) < 4.78 is 0. The van der Waals surface area contributed by atoms with Crippen LogP contribution in [0.25, 0.3) is 0 Å². The van der Waals surface area contributed by atoms with Gasteiger partial charge in [-0.1, -0.05) is 6.08 Å². The van der Waals surface area contributed by atoms with Gasteiger partial charge in [0.05, 0.1) is 5.70 Å². The van der Waals surface area contributed by atoms with Crippen molar-refractivity contribution in [3.63, 3.8) is 0 Å². The predicted molar refractivity (Wildman–Crippen MR) is 43.1 cm³/mol. The Hall–Kier alpha value is -0.790. The predicted octanol–water partition coefficient (Wildman–Crippen LogP) is 1.33. The average molecular weight is 151 g/mol. The van der Waals surface area contributed by atoms with E-state index >= 15 is 0 Å². The quantitative estimate of drug-likeness (QED) is 0.520. The number of carbonyl (C=O) groups excluding carboxylic acids is 1. The summed E-state index contributed by atoms with van der Waals surface area (Å²) in [6, 6.07) is 0. The molecule has 1 fully saturated rings. The number of rotatable bonds is 0. The van der Waals surface area contributed by atoms with Crippen LogP contribution in [0.2, 0.25) is 0 Å². The first kappa shape index (κ1) is 6.89. The second kappa shape index (κ2) is 2.68. The summed E-state index contributed by atoms with van der Waals surface area (Å²) in [4.78, 5) is 13.6. The van der Waals surface area contributed by atoms with E-state index < -0.39 is 0 Å². The topological polar surface area (TPSA) is 20.3 Å². The van der Waals surface area contributed by atoms with E-state index in [9.17, 15) is 4.79 Å². The molecular weight excluding hydrogens is 138 g/mol. The minimum Gasteiger partial charge on any atom is -0.369 e. The third-order valence-corrected chi connectivity index (χ3v) is 2.43. The summed E-state index contributed by atoms with van der Waals surface area (Å²) in [7, 11) is 0. The zero-order valence-electron chi connectivity index (χ0n) is 6.68. The van der Waals surface area contributed by atoms with Crippen molar-refractivity contribution >= 4 is 5.78 Å². The van der Waals surface area contributed by atoms with Gasteiger partial charge in [0, 0.05) is 19.5 Å². The molecule has 0 aromatic carbocycles. The zero-order chi connectivity index (χ0) is 7.68. The molecule has 2 nitrogen and oxygen atoms in total. The van der Waals surface area contributed by atoms with Crippen molar-refractivity contribution < 1.29 is 4.79 Å². The number of nitrogens with zero attached hydrogens (tertiary/aromatic N) is 1. The summed E-state index contributed by atoms with van der Waals surface area (Å²) in [5.74, 6) is 0.357. The second-order valence-electron chi connectivity index (χ2n) is 3.25. The van der Waals surface area contributed by atoms with Crippen LogP contribution in [-0.4, -0.2) is 23.8 Å². The Morgan fingerprint density at radius 2 is 2.09 bits per heavy atom. The summed E-state index contributed by atoms with van der Waals surface area (Å²) in [5.41, 5.74) is 1.00. The summed E-state index contributed by atoms with van der Waals surface area (Å²) in [6.45, 7) is 2.19. The molecule has 2 heteroatoms. The van der Waals surface area contributed by atoms with Crippen LogP contribution in [0.4, 0.5) is 0 Å². The van der Waals surface area contributed by atoms with E-state index in [2.05, 4.69) is 11.0 Å². The van der Waals surface area contributed by atoms with Gasteiger partial charge in [-0.25, -0.2) is 0 Å². The lowest BCUT2D eigenvalue weighted by Crippen LogP contribution is -2.35. The van der Waals surface area contributed by atoms with Gasteiger partial charge in [0.2, 0.25) is 0 Å². The Labute approximate surface area is 66.9 Å². The van der Waals surface area contributed by atoms with Gasteiger partial charge < -0.3 is 4.90 Å².